The minimum atomic E-state index is 0.348. The van der Waals surface area contributed by atoms with Gasteiger partial charge in [-0.25, -0.2) is 0 Å². The zero-order valence-corrected chi connectivity index (χ0v) is 12.4. The number of hydrogen-bond donors (Lipinski definition) is 1. The summed E-state index contributed by atoms with van der Waals surface area (Å²) in [5.41, 5.74) is 3.01. The maximum Gasteiger partial charge on any atom is 0.0554 e. The third kappa shape index (κ3) is 3.71. The summed E-state index contributed by atoms with van der Waals surface area (Å²) in [5.74, 6) is 0. The summed E-state index contributed by atoms with van der Waals surface area (Å²) >= 11 is 0. The van der Waals surface area contributed by atoms with E-state index in [0.717, 1.165) is 39.4 Å². The molecule has 0 amide bonds. The topological polar surface area (TPSA) is 24.5 Å². The highest BCUT2D eigenvalue weighted by atomic mass is 16.5. The van der Waals surface area contributed by atoms with E-state index in [-0.39, 0.29) is 0 Å². The van der Waals surface area contributed by atoms with Gasteiger partial charge in [-0.2, -0.15) is 0 Å². The van der Waals surface area contributed by atoms with Crippen molar-refractivity contribution in [1.29, 1.82) is 0 Å². The molecule has 1 aliphatic rings. The average Bonchev–Trinajstić information content (AvgIpc) is 2.40. The van der Waals surface area contributed by atoms with Crippen LogP contribution in [-0.2, 0) is 11.3 Å². The molecule has 0 atom stereocenters. The van der Waals surface area contributed by atoms with E-state index in [0.29, 0.717) is 5.41 Å². The third-order valence-corrected chi connectivity index (χ3v) is 3.85. The minimum Gasteiger partial charge on any atom is -0.380 e. The van der Waals surface area contributed by atoms with E-state index < -0.39 is 0 Å². The fourth-order valence-electron chi connectivity index (χ4n) is 2.47. The van der Waals surface area contributed by atoms with Crippen LogP contribution in [0.25, 0.3) is 0 Å². The van der Waals surface area contributed by atoms with Crippen LogP contribution in [-0.4, -0.2) is 32.8 Å². The van der Waals surface area contributed by atoms with E-state index in [9.17, 15) is 0 Å². The van der Waals surface area contributed by atoms with E-state index in [2.05, 4.69) is 55.3 Å². The first kappa shape index (κ1) is 14.4. The Bertz CT molecular complexity index is 380. The molecule has 0 aliphatic carbocycles. The van der Waals surface area contributed by atoms with Gasteiger partial charge < -0.3 is 15.0 Å². The van der Waals surface area contributed by atoms with Gasteiger partial charge in [0.25, 0.3) is 0 Å². The van der Waals surface area contributed by atoms with Crippen molar-refractivity contribution in [3.8, 4) is 0 Å². The van der Waals surface area contributed by atoms with E-state index in [1.807, 2.05) is 0 Å². The smallest absolute Gasteiger partial charge is 0.0554 e. The molecule has 1 saturated heterocycles. The molecule has 0 saturated carbocycles. The van der Waals surface area contributed by atoms with Crippen LogP contribution in [0.1, 0.15) is 26.3 Å². The van der Waals surface area contributed by atoms with Crippen LogP contribution in [0.2, 0.25) is 0 Å². The van der Waals surface area contributed by atoms with Crippen LogP contribution in [0.4, 0.5) is 5.69 Å². The summed E-state index contributed by atoms with van der Waals surface area (Å²) in [7, 11) is 0. The van der Waals surface area contributed by atoms with Crippen LogP contribution in [0.5, 0.6) is 0 Å². The number of hydrogen-bond acceptors (Lipinski definition) is 3. The van der Waals surface area contributed by atoms with Crippen molar-refractivity contribution in [3.05, 3.63) is 29.8 Å². The SMILES string of the molecule is CCN(CC)c1ccc(CNCC2(C)COC2)cc1. The molecule has 0 radical (unpaired) electrons. The predicted molar refractivity (Wildman–Crippen MR) is 80.6 cm³/mol. The van der Waals surface area contributed by atoms with Crippen molar-refractivity contribution in [2.75, 3.05) is 37.7 Å². The average molecular weight is 262 g/mol. The van der Waals surface area contributed by atoms with E-state index in [4.69, 9.17) is 4.74 Å². The zero-order chi connectivity index (χ0) is 13.7. The maximum absolute atomic E-state index is 5.26. The van der Waals surface area contributed by atoms with Gasteiger partial charge in [0.15, 0.2) is 0 Å². The molecule has 2 rings (SSSR count). The van der Waals surface area contributed by atoms with Gasteiger partial charge in [-0.3, -0.25) is 0 Å². The summed E-state index contributed by atoms with van der Waals surface area (Å²) in [6.07, 6.45) is 0. The Kier molecular flexibility index (Phi) is 4.83. The van der Waals surface area contributed by atoms with Crippen molar-refractivity contribution in [3.63, 3.8) is 0 Å². The fourth-order valence-corrected chi connectivity index (χ4v) is 2.47. The second-order valence-corrected chi connectivity index (χ2v) is 5.75. The maximum atomic E-state index is 5.26. The van der Waals surface area contributed by atoms with Crippen molar-refractivity contribution < 1.29 is 4.74 Å². The second-order valence-electron chi connectivity index (χ2n) is 5.75. The quantitative estimate of drug-likeness (QED) is 0.817. The highest BCUT2D eigenvalue weighted by molar-refractivity contribution is 5.47. The molecule has 1 aromatic rings. The molecule has 19 heavy (non-hydrogen) atoms. The Labute approximate surface area is 116 Å². The monoisotopic (exact) mass is 262 g/mol. The van der Waals surface area contributed by atoms with Crippen LogP contribution >= 0.6 is 0 Å². The van der Waals surface area contributed by atoms with Gasteiger partial charge >= 0.3 is 0 Å². The normalized spacial score (nSPS) is 17.0. The molecule has 3 nitrogen and oxygen atoms in total. The molecule has 106 valence electrons. The Balaban J connectivity index is 1.81. The molecule has 0 unspecified atom stereocenters. The highest BCUT2D eigenvalue weighted by Gasteiger charge is 2.32. The number of nitrogens with zero attached hydrogens (tertiary/aromatic N) is 1. The van der Waals surface area contributed by atoms with Crippen molar-refractivity contribution >= 4 is 5.69 Å². The lowest BCUT2D eigenvalue weighted by Gasteiger charge is -2.38. The predicted octanol–water partition coefficient (Wildman–Crippen LogP) is 2.66. The van der Waals surface area contributed by atoms with Crippen molar-refractivity contribution in [1.82, 2.24) is 5.32 Å². The number of anilines is 1. The van der Waals surface area contributed by atoms with E-state index in [1.165, 1.54) is 11.3 Å². The lowest BCUT2D eigenvalue weighted by Crippen LogP contribution is -2.47. The molecule has 0 bridgehead atoms. The Hall–Kier alpha value is -1.06. The number of rotatable bonds is 7. The summed E-state index contributed by atoms with van der Waals surface area (Å²) in [6.45, 7) is 12.5. The van der Waals surface area contributed by atoms with E-state index in [1.54, 1.807) is 0 Å². The van der Waals surface area contributed by atoms with Gasteiger partial charge in [0.2, 0.25) is 0 Å². The second kappa shape index (κ2) is 6.40. The van der Waals surface area contributed by atoms with Gasteiger partial charge in [0.05, 0.1) is 13.2 Å². The van der Waals surface area contributed by atoms with Gasteiger partial charge in [0.1, 0.15) is 0 Å². The van der Waals surface area contributed by atoms with Gasteiger partial charge in [-0.1, -0.05) is 19.1 Å². The van der Waals surface area contributed by atoms with Crippen LogP contribution < -0.4 is 10.2 Å². The molecule has 3 heteroatoms. The molecule has 1 aromatic carbocycles. The summed E-state index contributed by atoms with van der Waals surface area (Å²) < 4.78 is 5.26. The first-order valence-electron chi connectivity index (χ1n) is 7.29. The lowest BCUT2D eigenvalue weighted by atomic mass is 9.89. The Morgan fingerprint density at radius 2 is 1.79 bits per heavy atom. The lowest BCUT2D eigenvalue weighted by molar-refractivity contribution is -0.0991. The van der Waals surface area contributed by atoms with Gasteiger partial charge in [0, 0.05) is 37.3 Å². The summed E-state index contributed by atoms with van der Waals surface area (Å²) in [4.78, 5) is 2.37. The molecule has 1 aliphatic heterocycles. The van der Waals surface area contributed by atoms with Gasteiger partial charge in [-0.15, -0.1) is 0 Å². The molecular weight excluding hydrogens is 236 g/mol. The highest BCUT2D eigenvalue weighted by Crippen LogP contribution is 2.25. The minimum absolute atomic E-state index is 0.348. The largest absolute Gasteiger partial charge is 0.380 e. The van der Waals surface area contributed by atoms with Crippen LogP contribution in [0.15, 0.2) is 24.3 Å². The Morgan fingerprint density at radius 3 is 2.26 bits per heavy atom. The molecule has 1 heterocycles. The van der Waals surface area contributed by atoms with Gasteiger partial charge in [-0.05, 0) is 31.5 Å². The number of ether oxygens (including phenoxy) is 1. The van der Waals surface area contributed by atoms with E-state index >= 15 is 0 Å². The first-order chi connectivity index (χ1) is 9.17. The number of nitrogens with one attached hydrogen (secondary N) is 1. The molecular formula is C16H26N2O. The third-order valence-electron chi connectivity index (χ3n) is 3.85. The summed E-state index contributed by atoms with van der Waals surface area (Å²) in [6, 6.07) is 8.89. The van der Waals surface area contributed by atoms with Crippen LogP contribution in [0, 0.1) is 5.41 Å². The standard InChI is InChI=1S/C16H26N2O/c1-4-18(5-2)15-8-6-14(7-9-15)10-17-11-16(3)12-19-13-16/h6-9,17H,4-5,10-13H2,1-3H3. The van der Waals surface area contributed by atoms with Crippen LogP contribution in [0.3, 0.4) is 0 Å². The molecule has 0 spiro atoms. The fraction of sp³-hybridized carbons (Fsp3) is 0.625. The van der Waals surface area contributed by atoms with Crippen molar-refractivity contribution in [2.45, 2.75) is 27.3 Å². The molecule has 1 fully saturated rings. The summed E-state index contributed by atoms with van der Waals surface area (Å²) in [5, 5.41) is 3.53. The Morgan fingerprint density at radius 1 is 1.16 bits per heavy atom. The first-order valence-corrected chi connectivity index (χ1v) is 7.29. The zero-order valence-electron chi connectivity index (χ0n) is 12.4. The number of benzene rings is 1. The van der Waals surface area contributed by atoms with Crippen molar-refractivity contribution in [2.24, 2.45) is 5.41 Å². The molecule has 0 aromatic heterocycles. The molecule has 1 N–H and O–H groups in total.